The first-order chi connectivity index (χ1) is 9.02. The molecule has 104 valence electrons. The summed E-state index contributed by atoms with van der Waals surface area (Å²) >= 11 is 0. The molecule has 1 heterocycles. The number of aromatic hydroxyl groups is 1. The molecule has 5 heteroatoms. The number of hydrogen-bond donors (Lipinski definition) is 2. The Hall–Kier alpha value is -1.62. The van der Waals surface area contributed by atoms with Gasteiger partial charge in [0.25, 0.3) is 5.91 Å². The third-order valence-corrected chi connectivity index (χ3v) is 3.79. The average Bonchev–Trinajstić information content (AvgIpc) is 2.38. The van der Waals surface area contributed by atoms with Gasteiger partial charge in [0.1, 0.15) is 11.6 Å². The predicted molar refractivity (Wildman–Crippen MR) is 70.3 cm³/mol. The molecule has 0 saturated carbocycles. The van der Waals surface area contributed by atoms with Crippen molar-refractivity contribution in [2.24, 2.45) is 11.7 Å². The standard InChI is InChI=1S/C14H19FN2O2/c1-2-9-8-17(6-5-13(9)16)14(19)11-4-3-10(18)7-12(11)15/h3-4,7,9,13,18H,2,5-6,8,16H2,1H3. The number of nitrogens with two attached hydrogens (primary N) is 1. The summed E-state index contributed by atoms with van der Waals surface area (Å²) in [5.41, 5.74) is 6.00. The molecule has 0 aliphatic carbocycles. The van der Waals surface area contributed by atoms with Crippen LogP contribution in [0.5, 0.6) is 5.75 Å². The first-order valence-corrected chi connectivity index (χ1v) is 6.56. The molecule has 1 saturated heterocycles. The van der Waals surface area contributed by atoms with Gasteiger partial charge in [-0.15, -0.1) is 0 Å². The van der Waals surface area contributed by atoms with Crippen LogP contribution in [0.1, 0.15) is 30.1 Å². The fourth-order valence-electron chi connectivity index (χ4n) is 2.51. The van der Waals surface area contributed by atoms with Crippen molar-refractivity contribution < 1.29 is 14.3 Å². The zero-order chi connectivity index (χ0) is 14.0. The molecular weight excluding hydrogens is 247 g/mol. The monoisotopic (exact) mass is 266 g/mol. The summed E-state index contributed by atoms with van der Waals surface area (Å²) in [7, 11) is 0. The highest BCUT2D eigenvalue weighted by molar-refractivity contribution is 5.94. The summed E-state index contributed by atoms with van der Waals surface area (Å²) in [5, 5.41) is 9.16. The van der Waals surface area contributed by atoms with E-state index in [0.717, 1.165) is 18.9 Å². The maximum Gasteiger partial charge on any atom is 0.256 e. The van der Waals surface area contributed by atoms with Gasteiger partial charge in [-0.05, 0) is 24.5 Å². The van der Waals surface area contributed by atoms with Crippen LogP contribution in [0, 0.1) is 11.7 Å². The highest BCUT2D eigenvalue weighted by atomic mass is 19.1. The van der Waals surface area contributed by atoms with Gasteiger partial charge in [-0.1, -0.05) is 13.3 Å². The number of phenols is 1. The van der Waals surface area contributed by atoms with E-state index in [-0.39, 0.29) is 29.2 Å². The number of carbonyl (C=O) groups excluding carboxylic acids is 1. The second kappa shape index (κ2) is 5.57. The predicted octanol–water partition coefficient (Wildman–Crippen LogP) is 1.73. The van der Waals surface area contributed by atoms with Crippen molar-refractivity contribution in [1.29, 1.82) is 0 Å². The fourth-order valence-corrected chi connectivity index (χ4v) is 2.51. The Morgan fingerprint density at radius 2 is 2.32 bits per heavy atom. The van der Waals surface area contributed by atoms with Gasteiger partial charge < -0.3 is 15.7 Å². The van der Waals surface area contributed by atoms with Gasteiger partial charge in [0, 0.05) is 25.2 Å². The van der Waals surface area contributed by atoms with Crippen LogP contribution in [-0.4, -0.2) is 35.0 Å². The van der Waals surface area contributed by atoms with Crippen molar-refractivity contribution in [3.8, 4) is 5.75 Å². The summed E-state index contributed by atoms with van der Waals surface area (Å²) in [5.74, 6) is -0.935. The van der Waals surface area contributed by atoms with E-state index in [1.165, 1.54) is 12.1 Å². The van der Waals surface area contributed by atoms with Crippen molar-refractivity contribution in [2.75, 3.05) is 13.1 Å². The lowest BCUT2D eigenvalue weighted by atomic mass is 9.90. The molecule has 1 aromatic carbocycles. The number of rotatable bonds is 2. The molecule has 1 amide bonds. The molecule has 2 rings (SSSR count). The Morgan fingerprint density at radius 3 is 2.95 bits per heavy atom. The van der Waals surface area contributed by atoms with E-state index < -0.39 is 5.82 Å². The summed E-state index contributed by atoms with van der Waals surface area (Å²) in [6, 6.07) is 3.71. The molecule has 2 unspecified atom stereocenters. The Balaban J connectivity index is 2.15. The topological polar surface area (TPSA) is 66.6 Å². The first-order valence-electron chi connectivity index (χ1n) is 6.56. The van der Waals surface area contributed by atoms with Crippen LogP contribution in [0.4, 0.5) is 4.39 Å². The van der Waals surface area contributed by atoms with Gasteiger partial charge in [-0.2, -0.15) is 0 Å². The van der Waals surface area contributed by atoms with Crippen molar-refractivity contribution in [3.05, 3.63) is 29.6 Å². The van der Waals surface area contributed by atoms with Gasteiger partial charge in [-0.3, -0.25) is 4.79 Å². The molecule has 2 atom stereocenters. The lowest BCUT2D eigenvalue weighted by Crippen LogP contribution is -2.49. The zero-order valence-corrected chi connectivity index (χ0v) is 11.0. The molecule has 0 bridgehead atoms. The number of phenolic OH excluding ortho intramolecular Hbond substituents is 1. The smallest absolute Gasteiger partial charge is 0.256 e. The lowest BCUT2D eigenvalue weighted by molar-refractivity contribution is 0.0644. The van der Waals surface area contributed by atoms with E-state index in [0.29, 0.717) is 13.1 Å². The third-order valence-electron chi connectivity index (χ3n) is 3.79. The fraction of sp³-hybridized carbons (Fsp3) is 0.500. The highest BCUT2D eigenvalue weighted by Gasteiger charge is 2.29. The summed E-state index contributed by atoms with van der Waals surface area (Å²) in [4.78, 5) is 13.9. The average molecular weight is 266 g/mol. The number of piperidine rings is 1. The van der Waals surface area contributed by atoms with E-state index in [4.69, 9.17) is 10.8 Å². The maximum atomic E-state index is 13.7. The second-order valence-corrected chi connectivity index (χ2v) is 5.04. The van der Waals surface area contributed by atoms with Crippen LogP contribution < -0.4 is 5.73 Å². The minimum absolute atomic E-state index is 0.00289. The largest absolute Gasteiger partial charge is 0.508 e. The number of benzene rings is 1. The van der Waals surface area contributed by atoms with E-state index in [9.17, 15) is 9.18 Å². The number of amides is 1. The Bertz CT molecular complexity index is 479. The summed E-state index contributed by atoms with van der Waals surface area (Å²) < 4.78 is 13.7. The van der Waals surface area contributed by atoms with Gasteiger partial charge in [0.05, 0.1) is 5.56 Å². The molecule has 1 fully saturated rings. The Labute approximate surface area is 112 Å². The van der Waals surface area contributed by atoms with Gasteiger partial charge in [0.2, 0.25) is 0 Å². The normalized spacial score (nSPS) is 23.4. The van der Waals surface area contributed by atoms with Crippen LogP contribution in [-0.2, 0) is 0 Å². The molecule has 0 aromatic heterocycles. The van der Waals surface area contributed by atoms with Crippen LogP contribution in [0.2, 0.25) is 0 Å². The quantitative estimate of drug-likeness (QED) is 0.856. The molecule has 4 nitrogen and oxygen atoms in total. The van der Waals surface area contributed by atoms with Crippen molar-refractivity contribution in [1.82, 2.24) is 4.90 Å². The molecular formula is C14H19FN2O2. The van der Waals surface area contributed by atoms with Crippen molar-refractivity contribution in [3.63, 3.8) is 0 Å². The Kier molecular flexibility index (Phi) is 4.04. The maximum absolute atomic E-state index is 13.7. The van der Waals surface area contributed by atoms with Crippen LogP contribution >= 0.6 is 0 Å². The molecule has 3 N–H and O–H groups in total. The molecule has 0 spiro atoms. The number of carbonyl (C=O) groups is 1. The van der Waals surface area contributed by atoms with Crippen molar-refractivity contribution >= 4 is 5.91 Å². The minimum atomic E-state index is -0.687. The third kappa shape index (κ3) is 2.87. The van der Waals surface area contributed by atoms with Gasteiger partial charge >= 0.3 is 0 Å². The van der Waals surface area contributed by atoms with Gasteiger partial charge in [0.15, 0.2) is 0 Å². The van der Waals surface area contributed by atoms with Crippen LogP contribution in [0.25, 0.3) is 0 Å². The van der Waals surface area contributed by atoms with Crippen LogP contribution in [0.15, 0.2) is 18.2 Å². The first kappa shape index (κ1) is 13.8. The lowest BCUT2D eigenvalue weighted by Gasteiger charge is -2.36. The van der Waals surface area contributed by atoms with E-state index in [2.05, 4.69) is 0 Å². The zero-order valence-electron chi connectivity index (χ0n) is 11.0. The second-order valence-electron chi connectivity index (χ2n) is 5.04. The molecule has 1 aromatic rings. The van der Waals surface area contributed by atoms with E-state index in [1.807, 2.05) is 6.92 Å². The van der Waals surface area contributed by atoms with E-state index >= 15 is 0 Å². The highest BCUT2D eigenvalue weighted by Crippen LogP contribution is 2.22. The Morgan fingerprint density at radius 1 is 1.58 bits per heavy atom. The number of likely N-dealkylation sites (tertiary alicyclic amines) is 1. The van der Waals surface area contributed by atoms with Gasteiger partial charge in [-0.25, -0.2) is 4.39 Å². The SMILES string of the molecule is CCC1CN(C(=O)c2ccc(O)cc2F)CCC1N. The number of halogens is 1. The van der Waals surface area contributed by atoms with Crippen LogP contribution in [0.3, 0.4) is 0 Å². The molecule has 1 aliphatic heterocycles. The summed E-state index contributed by atoms with van der Waals surface area (Å²) in [6.45, 7) is 3.16. The summed E-state index contributed by atoms with van der Waals surface area (Å²) in [6.07, 6.45) is 1.65. The molecule has 0 radical (unpaired) electrons. The molecule has 19 heavy (non-hydrogen) atoms. The van der Waals surface area contributed by atoms with E-state index in [1.54, 1.807) is 4.90 Å². The minimum Gasteiger partial charge on any atom is -0.508 e. The molecule has 1 aliphatic rings. The van der Waals surface area contributed by atoms with Crippen molar-refractivity contribution in [2.45, 2.75) is 25.8 Å². The number of nitrogens with zero attached hydrogens (tertiary/aromatic N) is 1. The number of hydrogen-bond acceptors (Lipinski definition) is 3.